The third-order valence-electron chi connectivity index (χ3n) is 6.29. The van der Waals surface area contributed by atoms with Gasteiger partial charge in [-0.1, -0.05) is 11.3 Å². The SMILES string of the molecule is O=C(c1ccc(N2CCCCC2)c([N+](=O)[O-])c1)N1CCN(c2nc3ccc(F)cc3s2)CC1. The van der Waals surface area contributed by atoms with E-state index in [2.05, 4.69) is 9.88 Å². The lowest BCUT2D eigenvalue weighted by atomic mass is 10.1. The van der Waals surface area contributed by atoms with Crippen LogP contribution in [0, 0.1) is 15.9 Å². The second-order valence-electron chi connectivity index (χ2n) is 8.40. The zero-order valence-electron chi connectivity index (χ0n) is 18.1. The molecule has 2 saturated heterocycles. The van der Waals surface area contributed by atoms with Gasteiger partial charge in [0.15, 0.2) is 5.13 Å². The van der Waals surface area contributed by atoms with E-state index in [1.165, 1.54) is 29.5 Å². The number of hydrogen-bond donors (Lipinski definition) is 0. The van der Waals surface area contributed by atoms with E-state index in [0.717, 1.165) is 47.7 Å². The first-order valence-electron chi connectivity index (χ1n) is 11.1. The molecule has 10 heteroatoms. The summed E-state index contributed by atoms with van der Waals surface area (Å²) in [4.78, 5) is 34.9. The van der Waals surface area contributed by atoms with Crippen molar-refractivity contribution in [3.63, 3.8) is 0 Å². The van der Waals surface area contributed by atoms with Crippen molar-refractivity contribution in [3.8, 4) is 0 Å². The molecular formula is C23H24FN5O3S. The molecule has 0 atom stereocenters. The Kier molecular flexibility index (Phi) is 5.84. The Balaban J connectivity index is 1.29. The molecule has 0 bridgehead atoms. The first-order chi connectivity index (χ1) is 16.0. The maximum atomic E-state index is 13.5. The van der Waals surface area contributed by atoms with Crippen molar-refractivity contribution in [2.75, 3.05) is 49.1 Å². The highest BCUT2D eigenvalue weighted by Crippen LogP contribution is 2.33. The normalized spacial score (nSPS) is 16.9. The quantitative estimate of drug-likeness (QED) is 0.419. The second kappa shape index (κ2) is 8.93. The van der Waals surface area contributed by atoms with Crippen LogP contribution >= 0.6 is 11.3 Å². The number of hydrogen-bond acceptors (Lipinski definition) is 7. The lowest BCUT2D eigenvalue weighted by Crippen LogP contribution is -2.48. The van der Waals surface area contributed by atoms with Crippen LogP contribution in [0.5, 0.6) is 0 Å². The Hall–Kier alpha value is -3.27. The molecule has 2 fully saturated rings. The summed E-state index contributed by atoms with van der Waals surface area (Å²) in [5.41, 5.74) is 1.68. The van der Waals surface area contributed by atoms with Crippen molar-refractivity contribution < 1.29 is 14.1 Å². The Bertz CT molecular complexity index is 1200. The fourth-order valence-corrected chi connectivity index (χ4v) is 5.55. The van der Waals surface area contributed by atoms with Crippen LogP contribution in [0.4, 0.5) is 20.9 Å². The van der Waals surface area contributed by atoms with E-state index in [0.29, 0.717) is 37.4 Å². The number of fused-ring (bicyclic) bond motifs is 1. The molecule has 5 rings (SSSR count). The molecule has 2 aliphatic rings. The third kappa shape index (κ3) is 4.35. The summed E-state index contributed by atoms with van der Waals surface area (Å²) in [6.45, 7) is 3.78. The van der Waals surface area contributed by atoms with E-state index in [1.807, 2.05) is 4.90 Å². The van der Waals surface area contributed by atoms with Crippen LogP contribution in [-0.4, -0.2) is 60.0 Å². The van der Waals surface area contributed by atoms with E-state index >= 15 is 0 Å². The molecule has 172 valence electrons. The largest absolute Gasteiger partial charge is 0.366 e. The van der Waals surface area contributed by atoms with Gasteiger partial charge in [0, 0.05) is 50.9 Å². The van der Waals surface area contributed by atoms with E-state index in [-0.39, 0.29) is 17.4 Å². The van der Waals surface area contributed by atoms with Gasteiger partial charge in [-0.05, 0) is 49.6 Å². The average Bonchev–Trinajstić information content (AvgIpc) is 3.27. The van der Waals surface area contributed by atoms with Crippen LogP contribution in [0.1, 0.15) is 29.6 Å². The van der Waals surface area contributed by atoms with Crippen LogP contribution in [-0.2, 0) is 0 Å². The van der Waals surface area contributed by atoms with Gasteiger partial charge in [0.05, 0.1) is 15.1 Å². The Morgan fingerprint density at radius 1 is 0.970 bits per heavy atom. The van der Waals surface area contributed by atoms with Crippen LogP contribution in [0.3, 0.4) is 0 Å². The van der Waals surface area contributed by atoms with Crippen LogP contribution in [0.15, 0.2) is 36.4 Å². The third-order valence-corrected chi connectivity index (χ3v) is 7.37. The fourth-order valence-electron chi connectivity index (χ4n) is 4.51. The average molecular weight is 470 g/mol. The molecule has 33 heavy (non-hydrogen) atoms. The van der Waals surface area contributed by atoms with Crippen molar-refractivity contribution >= 4 is 44.0 Å². The predicted molar refractivity (Wildman–Crippen MR) is 127 cm³/mol. The minimum Gasteiger partial charge on any atom is -0.366 e. The number of carbonyl (C=O) groups is 1. The van der Waals surface area contributed by atoms with Gasteiger partial charge in [-0.25, -0.2) is 9.37 Å². The molecule has 2 aliphatic heterocycles. The number of rotatable bonds is 4. The van der Waals surface area contributed by atoms with Crippen LogP contribution < -0.4 is 9.80 Å². The monoisotopic (exact) mass is 469 g/mol. The van der Waals surface area contributed by atoms with Crippen molar-refractivity contribution in [1.29, 1.82) is 0 Å². The number of benzene rings is 2. The van der Waals surface area contributed by atoms with Gasteiger partial charge in [-0.15, -0.1) is 0 Å². The molecule has 0 saturated carbocycles. The Morgan fingerprint density at radius 2 is 1.73 bits per heavy atom. The number of carbonyl (C=O) groups excluding carboxylic acids is 1. The number of piperazine rings is 1. The number of amides is 1. The fraction of sp³-hybridized carbons (Fsp3) is 0.391. The predicted octanol–water partition coefficient (Wildman–Crippen LogP) is 4.30. The molecule has 0 spiro atoms. The molecule has 0 aliphatic carbocycles. The number of nitro groups is 1. The molecule has 2 aromatic carbocycles. The molecule has 0 unspecified atom stereocenters. The number of anilines is 2. The van der Waals surface area contributed by atoms with Gasteiger partial charge in [-0.3, -0.25) is 14.9 Å². The highest BCUT2D eigenvalue weighted by atomic mass is 32.1. The minimum absolute atomic E-state index is 0.0110. The Labute approximate surface area is 194 Å². The van der Waals surface area contributed by atoms with E-state index < -0.39 is 4.92 Å². The number of piperidine rings is 1. The van der Waals surface area contributed by atoms with Gasteiger partial charge in [-0.2, -0.15) is 0 Å². The molecule has 0 N–H and O–H groups in total. The van der Waals surface area contributed by atoms with E-state index in [1.54, 1.807) is 23.1 Å². The standard InChI is InChI=1S/C23H24FN5O3S/c24-17-5-6-18-21(15-17)33-23(25-18)28-12-10-27(11-13-28)22(30)16-4-7-19(20(14-16)29(31)32)26-8-2-1-3-9-26/h4-7,14-15H,1-3,8-13H2. The zero-order valence-corrected chi connectivity index (χ0v) is 18.9. The lowest BCUT2D eigenvalue weighted by molar-refractivity contribution is -0.384. The molecular weight excluding hydrogens is 445 g/mol. The van der Waals surface area contributed by atoms with Crippen molar-refractivity contribution in [2.45, 2.75) is 19.3 Å². The zero-order chi connectivity index (χ0) is 22.9. The molecule has 1 amide bonds. The molecule has 1 aromatic heterocycles. The number of nitrogens with zero attached hydrogens (tertiary/aromatic N) is 5. The lowest BCUT2D eigenvalue weighted by Gasteiger charge is -2.34. The van der Waals surface area contributed by atoms with E-state index in [4.69, 9.17) is 0 Å². The summed E-state index contributed by atoms with van der Waals surface area (Å²) < 4.78 is 14.3. The summed E-state index contributed by atoms with van der Waals surface area (Å²) in [7, 11) is 0. The van der Waals surface area contributed by atoms with Gasteiger partial charge in [0.25, 0.3) is 11.6 Å². The summed E-state index contributed by atoms with van der Waals surface area (Å²) >= 11 is 1.44. The van der Waals surface area contributed by atoms with Crippen LogP contribution in [0.25, 0.3) is 10.2 Å². The van der Waals surface area contributed by atoms with Crippen molar-refractivity contribution in [2.24, 2.45) is 0 Å². The maximum Gasteiger partial charge on any atom is 0.293 e. The second-order valence-corrected chi connectivity index (χ2v) is 9.41. The number of aromatic nitrogens is 1. The summed E-state index contributed by atoms with van der Waals surface area (Å²) in [5.74, 6) is -0.483. The molecule has 3 aromatic rings. The number of nitro benzene ring substituents is 1. The molecule has 0 radical (unpaired) electrons. The van der Waals surface area contributed by atoms with Gasteiger partial charge in [0.1, 0.15) is 11.5 Å². The van der Waals surface area contributed by atoms with Gasteiger partial charge in [0.2, 0.25) is 0 Å². The number of halogens is 1. The summed E-state index contributed by atoms with van der Waals surface area (Å²) in [6, 6.07) is 9.39. The van der Waals surface area contributed by atoms with Gasteiger partial charge < -0.3 is 14.7 Å². The topological polar surface area (TPSA) is 82.8 Å². The first-order valence-corrected chi connectivity index (χ1v) is 11.9. The van der Waals surface area contributed by atoms with Crippen molar-refractivity contribution in [3.05, 3.63) is 57.9 Å². The maximum absolute atomic E-state index is 13.5. The minimum atomic E-state index is -0.394. The Morgan fingerprint density at radius 3 is 2.45 bits per heavy atom. The smallest absolute Gasteiger partial charge is 0.293 e. The summed E-state index contributed by atoms with van der Waals surface area (Å²) in [5, 5.41) is 12.5. The van der Waals surface area contributed by atoms with Gasteiger partial charge >= 0.3 is 0 Å². The molecule has 8 nitrogen and oxygen atoms in total. The highest BCUT2D eigenvalue weighted by molar-refractivity contribution is 7.22. The van der Waals surface area contributed by atoms with Crippen molar-refractivity contribution in [1.82, 2.24) is 9.88 Å². The van der Waals surface area contributed by atoms with Crippen LogP contribution in [0.2, 0.25) is 0 Å². The summed E-state index contributed by atoms with van der Waals surface area (Å²) in [6.07, 6.45) is 3.18. The first kappa shape index (κ1) is 21.6. The van der Waals surface area contributed by atoms with E-state index in [9.17, 15) is 19.3 Å². The number of thiazole rings is 1. The highest BCUT2D eigenvalue weighted by Gasteiger charge is 2.27. The molecule has 3 heterocycles.